The van der Waals surface area contributed by atoms with Crippen molar-refractivity contribution in [2.24, 2.45) is 5.92 Å². The molecule has 1 heterocycles. The van der Waals surface area contributed by atoms with Crippen molar-refractivity contribution in [2.75, 3.05) is 25.0 Å². The van der Waals surface area contributed by atoms with Crippen LogP contribution in [0.3, 0.4) is 0 Å². The first kappa shape index (κ1) is 15.2. The molecule has 0 atom stereocenters. The topological polar surface area (TPSA) is 9.23 Å². The van der Waals surface area contributed by atoms with Crippen molar-refractivity contribution < 1.29 is 4.74 Å². The molecule has 0 N–H and O–H groups in total. The van der Waals surface area contributed by atoms with Gasteiger partial charge in [-0.25, -0.2) is 0 Å². The molecular formula is C16H22Cl2O. The van der Waals surface area contributed by atoms with Crippen LogP contribution >= 0.6 is 23.2 Å². The van der Waals surface area contributed by atoms with Crippen LogP contribution in [0, 0.1) is 12.8 Å². The van der Waals surface area contributed by atoms with Gasteiger partial charge in [0.1, 0.15) is 0 Å². The SMILES string of the molecule is Cc1cccc(C(CCl)(CCl)CC2CCOCC2)c1. The van der Waals surface area contributed by atoms with Crippen LogP contribution in [0.4, 0.5) is 0 Å². The third kappa shape index (κ3) is 3.65. The monoisotopic (exact) mass is 300 g/mol. The minimum Gasteiger partial charge on any atom is -0.381 e. The van der Waals surface area contributed by atoms with Crippen LogP contribution in [0.5, 0.6) is 0 Å². The Kier molecular flexibility index (Phi) is 5.56. The summed E-state index contributed by atoms with van der Waals surface area (Å²) in [6, 6.07) is 8.61. The number of halogens is 2. The minimum absolute atomic E-state index is 0.100. The normalized spacial score (nSPS) is 17.6. The first-order valence-corrected chi connectivity index (χ1v) is 8.04. The maximum absolute atomic E-state index is 6.31. The molecule has 1 aliphatic heterocycles. The second-order valence-electron chi connectivity index (χ2n) is 5.68. The minimum atomic E-state index is -0.100. The maximum atomic E-state index is 6.31. The largest absolute Gasteiger partial charge is 0.381 e. The summed E-state index contributed by atoms with van der Waals surface area (Å²) in [4.78, 5) is 0. The molecule has 1 aliphatic rings. The number of hydrogen-bond donors (Lipinski definition) is 0. The van der Waals surface area contributed by atoms with Gasteiger partial charge in [-0.2, -0.15) is 0 Å². The molecule has 0 aliphatic carbocycles. The molecule has 19 heavy (non-hydrogen) atoms. The van der Waals surface area contributed by atoms with Gasteiger partial charge in [-0.1, -0.05) is 29.8 Å². The first-order valence-electron chi connectivity index (χ1n) is 6.97. The van der Waals surface area contributed by atoms with Crippen molar-refractivity contribution in [1.82, 2.24) is 0 Å². The second-order valence-corrected chi connectivity index (χ2v) is 6.21. The molecule has 3 heteroatoms. The first-order chi connectivity index (χ1) is 9.20. The van der Waals surface area contributed by atoms with E-state index in [-0.39, 0.29) is 5.41 Å². The summed E-state index contributed by atoms with van der Waals surface area (Å²) in [6.45, 7) is 3.86. The van der Waals surface area contributed by atoms with Gasteiger partial charge in [0.25, 0.3) is 0 Å². The lowest BCUT2D eigenvalue weighted by Crippen LogP contribution is -2.35. The molecule has 1 saturated heterocycles. The highest BCUT2D eigenvalue weighted by Gasteiger charge is 2.34. The van der Waals surface area contributed by atoms with Gasteiger partial charge in [-0.05, 0) is 37.7 Å². The molecule has 0 saturated carbocycles. The average molecular weight is 301 g/mol. The molecule has 0 amide bonds. The lowest BCUT2D eigenvalue weighted by atomic mass is 9.74. The molecule has 0 spiro atoms. The fraction of sp³-hybridized carbons (Fsp3) is 0.625. The number of hydrogen-bond acceptors (Lipinski definition) is 1. The number of aryl methyl sites for hydroxylation is 1. The van der Waals surface area contributed by atoms with Crippen molar-refractivity contribution >= 4 is 23.2 Å². The van der Waals surface area contributed by atoms with Gasteiger partial charge in [0.15, 0.2) is 0 Å². The van der Waals surface area contributed by atoms with E-state index in [1.165, 1.54) is 11.1 Å². The van der Waals surface area contributed by atoms with Crippen molar-refractivity contribution in [3.8, 4) is 0 Å². The van der Waals surface area contributed by atoms with Crippen LogP contribution in [0.15, 0.2) is 24.3 Å². The van der Waals surface area contributed by atoms with E-state index in [2.05, 4.69) is 31.2 Å². The van der Waals surface area contributed by atoms with E-state index in [0.29, 0.717) is 17.7 Å². The van der Waals surface area contributed by atoms with Crippen molar-refractivity contribution in [1.29, 1.82) is 0 Å². The highest BCUT2D eigenvalue weighted by atomic mass is 35.5. The highest BCUT2D eigenvalue weighted by molar-refractivity contribution is 6.22. The molecule has 2 rings (SSSR count). The molecule has 106 valence electrons. The van der Waals surface area contributed by atoms with E-state index >= 15 is 0 Å². The number of alkyl halides is 2. The standard InChI is InChI=1S/C16H22Cl2O/c1-13-3-2-4-15(9-13)16(11-17,12-18)10-14-5-7-19-8-6-14/h2-4,9,14H,5-8,10-12H2,1H3. The van der Waals surface area contributed by atoms with Crippen molar-refractivity contribution in [2.45, 2.75) is 31.6 Å². The van der Waals surface area contributed by atoms with E-state index in [9.17, 15) is 0 Å². The summed E-state index contributed by atoms with van der Waals surface area (Å²) in [7, 11) is 0. The smallest absolute Gasteiger partial charge is 0.0468 e. The van der Waals surface area contributed by atoms with Crippen molar-refractivity contribution in [3.05, 3.63) is 35.4 Å². The van der Waals surface area contributed by atoms with E-state index in [0.717, 1.165) is 32.5 Å². The molecule has 0 aromatic heterocycles. The van der Waals surface area contributed by atoms with Gasteiger partial charge in [0.05, 0.1) is 0 Å². The number of ether oxygens (including phenoxy) is 1. The zero-order valence-corrected chi connectivity index (χ0v) is 13.0. The maximum Gasteiger partial charge on any atom is 0.0468 e. The van der Waals surface area contributed by atoms with E-state index in [1.54, 1.807) is 0 Å². The average Bonchev–Trinajstić information content (AvgIpc) is 2.46. The molecular weight excluding hydrogens is 279 g/mol. The predicted octanol–water partition coefficient (Wildman–Crippen LogP) is 4.53. The Hall–Kier alpha value is -0.240. The van der Waals surface area contributed by atoms with Crippen LogP contribution in [0.2, 0.25) is 0 Å². The van der Waals surface area contributed by atoms with Gasteiger partial charge >= 0.3 is 0 Å². The zero-order chi connectivity index (χ0) is 13.7. The van der Waals surface area contributed by atoms with Gasteiger partial charge in [0, 0.05) is 30.4 Å². The summed E-state index contributed by atoms with van der Waals surface area (Å²) in [6.07, 6.45) is 3.31. The lowest BCUT2D eigenvalue weighted by molar-refractivity contribution is 0.0581. The fourth-order valence-corrected chi connectivity index (χ4v) is 3.71. The molecule has 1 aromatic rings. The lowest BCUT2D eigenvalue weighted by Gasteiger charge is -2.35. The molecule has 1 nitrogen and oxygen atoms in total. The van der Waals surface area contributed by atoms with E-state index < -0.39 is 0 Å². The summed E-state index contributed by atoms with van der Waals surface area (Å²) >= 11 is 12.6. The highest BCUT2D eigenvalue weighted by Crippen LogP contribution is 2.37. The quantitative estimate of drug-likeness (QED) is 0.726. The number of benzene rings is 1. The predicted molar refractivity (Wildman–Crippen MR) is 82.5 cm³/mol. The summed E-state index contributed by atoms with van der Waals surface area (Å²) in [5.74, 6) is 1.83. The zero-order valence-electron chi connectivity index (χ0n) is 11.5. The third-order valence-electron chi connectivity index (χ3n) is 4.16. The Morgan fingerprint density at radius 2 is 1.89 bits per heavy atom. The van der Waals surface area contributed by atoms with Crippen LogP contribution in [-0.4, -0.2) is 25.0 Å². The van der Waals surface area contributed by atoms with Crippen LogP contribution in [0.1, 0.15) is 30.4 Å². The fourth-order valence-electron chi connectivity index (χ4n) is 2.90. The third-order valence-corrected chi connectivity index (χ3v) is 5.19. The summed E-state index contributed by atoms with van der Waals surface area (Å²) in [5.41, 5.74) is 2.45. The van der Waals surface area contributed by atoms with Crippen LogP contribution < -0.4 is 0 Å². The Morgan fingerprint density at radius 1 is 1.21 bits per heavy atom. The summed E-state index contributed by atoms with van der Waals surface area (Å²) in [5, 5.41) is 0. The van der Waals surface area contributed by atoms with Gasteiger partial charge in [0.2, 0.25) is 0 Å². The Bertz CT molecular complexity index is 395. The van der Waals surface area contributed by atoms with Gasteiger partial charge in [-0.15, -0.1) is 23.2 Å². The second kappa shape index (κ2) is 6.97. The van der Waals surface area contributed by atoms with E-state index in [4.69, 9.17) is 27.9 Å². The number of rotatable bonds is 5. The van der Waals surface area contributed by atoms with Crippen molar-refractivity contribution in [3.63, 3.8) is 0 Å². The van der Waals surface area contributed by atoms with Gasteiger partial charge < -0.3 is 4.74 Å². The molecule has 0 unspecified atom stereocenters. The molecule has 0 bridgehead atoms. The van der Waals surface area contributed by atoms with Crippen LogP contribution in [-0.2, 0) is 10.2 Å². The molecule has 1 fully saturated rings. The molecule has 0 radical (unpaired) electrons. The van der Waals surface area contributed by atoms with E-state index in [1.807, 2.05) is 0 Å². The van der Waals surface area contributed by atoms with Gasteiger partial charge in [-0.3, -0.25) is 0 Å². The Labute approximate surface area is 126 Å². The molecule has 1 aromatic carbocycles. The Balaban J connectivity index is 2.20. The van der Waals surface area contributed by atoms with Crippen LogP contribution in [0.25, 0.3) is 0 Å². The summed E-state index contributed by atoms with van der Waals surface area (Å²) < 4.78 is 5.44. The Morgan fingerprint density at radius 3 is 2.47 bits per heavy atom.